The Balaban J connectivity index is 2.00. The summed E-state index contributed by atoms with van der Waals surface area (Å²) >= 11 is 0. The molecule has 7 heteroatoms. The maximum Gasteiger partial charge on any atom is 0.423 e. The van der Waals surface area contributed by atoms with Crippen LogP contribution in [0, 0.1) is 0 Å². The van der Waals surface area contributed by atoms with E-state index in [1.54, 1.807) is 6.07 Å². The zero-order chi connectivity index (χ0) is 16.1. The lowest BCUT2D eigenvalue weighted by atomic mass is 10.1. The molecule has 0 fully saturated rings. The molecule has 0 radical (unpaired) electrons. The van der Waals surface area contributed by atoms with Crippen molar-refractivity contribution in [2.75, 3.05) is 20.1 Å². The minimum Gasteiger partial charge on any atom is -0.414 e. The van der Waals surface area contributed by atoms with E-state index in [0.717, 1.165) is 36.4 Å². The number of hydrogen-bond acceptors (Lipinski definition) is 6. The molecule has 0 amide bonds. The molecule has 4 rings (SSSR count). The lowest BCUT2D eigenvalue weighted by Crippen LogP contribution is -2.24. The van der Waals surface area contributed by atoms with Gasteiger partial charge in [-0.15, -0.1) is 0 Å². The van der Waals surface area contributed by atoms with E-state index in [1.807, 2.05) is 17.7 Å². The van der Waals surface area contributed by atoms with Gasteiger partial charge < -0.3 is 18.3 Å². The predicted molar refractivity (Wildman–Crippen MR) is 85.4 cm³/mol. The van der Waals surface area contributed by atoms with Crippen molar-refractivity contribution in [2.24, 2.45) is 7.05 Å². The molecule has 1 aliphatic heterocycles. The third-order valence-corrected chi connectivity index (χ3v) is 4.23. The van der Waals surface area contributed by atoms with Crippen molar-refractivity contribution in [3.05, 3.63) is 44.9 Å². The summed E-state index contributed by atoms with van der Waals surface area (Å²) < 4.78 is 12.1. The van der Waals surface area contributed by atoms with E-state index < -0.39 is 11.3 Å². The smallest absolute Gasteiger partial charge is 0.414 e. The van der Waals surface area contributed by atoms with Gasteiger partial charge in [0.15, 0.2) is 5.58 Å². The van der Waals surface area contributed by atoms with E-state index in [-0.39, 0.29) is 11.2 Å². The van der Waals surface area contributed by atoms with Crippen LogP contribution in [0.1, 0.15) is 12.2 Å². The van der Waals surface area contributed by atoms with Crippen molar-refractivity contribution >= 4 is 27.8 Å². The molecular formula is C16H15N3O4. The van der Waals surface area contributed by atoms with Crippen molar-refractivity contribution < 1.29 is 8.83 Å². The SMILES string of the molecule is CN1CC=C(c2nc3c4oc(=O)c(=O)oc4ccc3n2C)CC1. The van der Waals surface area contributed by atoms with Crippen molar-refractivity contribution in [3.8, 4) is 0 Å². The second kappa shape index (κ2) is 4.92. The molecule has 7 nitrogen and oxygen atoms in total. The maximum absolute atomic E-state index is 11.5. The number of benzene rings is 1. The molecule has 0 bridgehead atoms. The van der Waals surface area contributed by atoms with E-state index in [0.29, 0.717) is 5.52 Å². The zero-order valence-electron chi connectivity index (χ0n) is 12.8. The summed E-state index contributed by atoms with van der Waals surface area (Å²) in [6.45, 7) is 1.85. The van der Waals surface area contributed by atoms with Gasteiger partial charge in [0, 0.05) is 20.1 Å². The fraction of sp³-hybridized carbons (Fsp3) is 0.312. The number of aryl methyl sites for hydroxylation is 1. The summed E-state index contributed by atoms with van der Waals surface area (Å²) in [5.74, 6) is 0.842. The van der Waals surface area contributed by atoms with E-state index >= 15 is 0 Å². The molecule has 1 aromatic carbocycles. The maximum atomic E-state index is 11.5. The van der Waals surface area contributed by atoms with E-state index in [9.17, 15) is 9.59 Å². The van der Waals surface area contributed by atoms with Crippen molar-refractivity contribution in [1.29, 1.82) is 0 Å². The lowest BCUT2D eigenvalue weighted by Gasteiger charge is -2.21. The van der Waals surface area contributed by atoms with Gasteiger partial charge in [-0.05, 0) is 31.2 Å². The van der Waals surface area contributed by atoms with Crippen LogP contribution in [0.3, 0.4) is 0 Å². The van der Waals surface area contributed by atoms with Gasteiger partial charge in [0.05, 0.1) is 5.52 Å². The minimum atomic E-state index is -1.02. The first-order chi connectivity index (χ1) is 11.0. The normalized spacial score (nSPS) is 16.2. The molecule has 3 aromatic rings. The van der Waals surface area contributed by atoms with Crippen LogP contribution >= 0.6 is 0 Å². The molecule has 3 heterocycles. The highest BCUT2D eigenvalue weighted by atomic mass is 16.5. The Hall–Kier alpha value is -2.67. The van der Waals surface area contributed by atoms with Crippen LogP contribution in [-0.2, 0) is 7.05 Å². The van der Waals surface area contributed by atoms with E-state index in [1.165, 1.54) is 0 Å². The first kappa shape index (κ1) is 14.0. The molecule has 23 heavy (non-hydrogen) atoms. The van der Waals surface area contributed by atoms with Gasteiger partial charge in [0.25, 0.3) is 0 Å². The summed E-state index contributed by atoms with van der Waals surface area (Å²) in [4.78, 5) is 29.7. The van der Waals surface area contributed by atoms with Gasteiger partial charge in [0.1, 0.15) is 11.3 Å². The van der Waals surface area contributed by atoms with Gasteiger partial charge >= 0.3 is 11.3 Å². The fourth-order valence-electron chi connectivity index (χ4n) is 2.93. The Morgan fingerprint density at radius 2 is 1.91 bits per heavy atom. The van der Waals surface area contributed by atoms with Crippen LogP contribution < -0.4 is 11.3 Å². The fourth-order valence-corrected chi connectivity index (χ4v) is 2.93. The van der Waals surface area contributed by atoms with Gasteiger partial charge in [0.2, 0.25) is 5.58 Å². The number of hydrogen-bond donors (Lipinski definition) is 0. The molecule has 2 aromatic heterocycles. The largest absolute Gasteiger partial charge is 0.423 e. The summed E-state index contributed by atoms with van der Waals surface area (Å²) in [5.41, 5.74) is 0.924. The van der Waals surface area contributed by atoms with Crippen molar-refractivity contribution in [3.63, 3.8) is 0 Å². The Kier molecular flexibility index (Phi) is 2.99. The highest BCUT2D eigenvalue weighted by Gasteiger charge is 2.19. The number of fused-ring (bicyclic) bond motifs is 3. The van der Waals surface area contributed by atoms with Crippen LogP contribution in [0.4, 0.5) is 0 Å². The number of imidazole rings is 1. The van der Waals surface area contributed by atoms with Crippen LogP contribution in [-0.4, -0.2) is 34.6 Å². The number of nitrogens with zero attached hydrogens (tertiary/aromatic N) is 3. The Bertz CT molecular complexity index is 1070. The van der Waals surface area contributed by atoms with Crippen LogP contribution in [0.5, 0.6) is 0 Å². The molecule has 118 valence electrons. The monoisotopic (exact) mass is 313 g/mol. The number of rotatable bonds is 1. The second-order valence-electron chi connectivity index (χ2n) is 5.78. The molecule has 0 spiro atoms. The Morgan fingerprint density at radius 3 is 2.65 bits per heavy atom. The average molecular weight is 313 g/mol. The molecule has 1 aliphatic rings. The van der Waals surface area contributed by atoms with Crippen LogP contribution in [0.2, 0.25) is 0 Å². The average Bonchev–Trinajstić information content (AvgIpc) is 2.87. The summed E-state index contributed by atoms with van der Waals surface area (Å²) in [5, 5.41) is 0. The predicted octanol–water partition coefficient (Wildman–Crippen LogP) is 1.35. The standard InChI is InChI=1S/C16H15N3O4/c1-18-7-5-9(6-8-18)14-17-12-10(19(14)2)3-4-11-13(12)23-16(21)15(20)22-11/h3-5H,6-8H2,1-2H3. The second-order valence-corrected chi connectivity index (χ2v) is 5.78. The van der Waals surface area contributed by atoms with E-state index in [2.05, 4.69) is 23.0 Å². The first-order valence-electron chi connectivity index (χ1n) is 7.36. The topological polar surface area (TPSA) is 81.5 Å². The van der Waals surface area contributed by atoms with Gasteiger partial charge in [-0.3, -0.25) is 0 Å². The zero-order valence-corrected chi connectivity index (χ0v) is 12.8. The third kappa shape index (κ3) is 2.12. The number of aromatic nitrogens is 2. The van der Waals surface area contributed by atoms with Crippen LogP contribution in [0.25, 0.3) is 27.8 Å². The van der Waals surface area contributed by atoms with E-state index in [4.69, 9.17) is 8.83 Å². The van der Waals surface area contributed by atoms with Crippen LogP contribution in [0.15, 0.2) is 36.6 Å². The quantitative estimate of drug-likeness (QED) is 0.631. The minimum absolute atomic E-state index is 0.211. The summed E-state index contributed by atoms with van der Waals surface area (Å²) in [6.07, 6.45) is 3.06. The number of likely N-dealkylation sites (N-methyl/N-ethyl adjacent to an activating group) is 1. The summed E-state index contributed by atoms with van der Waals surface area (Å²) in [7, 11) is 4.00. The Morgan fingerprint density at radius 1 is 1.13 bits per heavy atom. The molecule has 0 N–H and O–H groups in total. The van der Waals surface area contributed by atoms with Crippen molar-refractivity contribution in [2.45, 2.75) is 6.42 Å². The third-order valence-electron chi connectivity index (χ3n) is 4.23. The Labute approximate surface area is 130 Å². The highest BCUT2D eigenvalue weighted by molar-refractivity contribution is 5.99. The molecular weight excluding hydrogens is 298 g/mol. The molecule has 0 saturated heterocycles. The van der Waals surface area contributed by atoms with Gasteiger partial charge in [-0.2, -0.15) is 0 Å². The molecule has 0 saturated carbocycles. The molecule has 0 aliphatic carbocycles. The summed E-state index contributed by atoms with van der Waals surface area (Å²) in [6, 6.07) is 3.43. The molecule has 0 unspecified atom stereocenters. The highest BCUT2D eigenvalue weighted by Crippen LogP contribution is 2.28. The lowest BCUT2D eigenvalue weighted by molar-refractivity contribution is 0.369. The van der Waals surface area contributed by atoms with Gasteiger partial charge in [-0.1, -0.05) is 6.08 Å². The van der Waals surface area contributed by atoms with Crippen molar-refractivity contribution in [1.82, 2.24) is 14.5 Å². The molecule has 0 atom stereocenters. The first-order valence-corrected chi connectivity index (χ1v) is 7.36. The van der Waals surface area contributed by atoms with Gasteiger partial charge in [-0.25, -0.2) is 14.6 Å².